The Labute approximate surface area is 366 Å². The van der Waals surface area contributed by atoms with Crippen molar-refractivity contribution in [2.24, 2.45) is 5.92 Å². The van der Waals surface area contributed by atoms with Crippen LogP contribution in [0.3, 0.4) is 0 Å². The molecule has 2 N–H and O–H groups in total. The van der Waals surface area contributed by atoms with Gasteiger partial charge in [-0.3, -0.25) is 28.2 Å². The monoisotopic (exact) mass is 952 g/mol. The van der Waals surface area contributed by atoms with Crippen molar-refractivity contribution in [3.05, 3.63) is 104 Å². The number of fused-ring (bicyclic) bond motifs is 4. The van der Waals surface area contributed by atoms with E-state index in [9.17, 15) is 44.3 Å². The van der Waals surface area contributed by atoms with Crippen molar-refractivity contribution in [3.63, 3.8) is 0 Å². The van der Waals surface area contributed by atoms with Crippen LogP contribution in [0.5, 0.6) is 5.75 Å². The van der Waals surface area contributed by atoms with Gasteiger partial charge in [-0.05, 0) is 61.9 Å². The second-order valence-electron chi connectivity index (χ2n) is 15.7. The molecule has 2 saturated carbocycles. The second-order valence-corrected chi connectivity index (χ2v) is 18.1. The summed E-state index contributed by atoms with van der Waals surface area (Å²) in [5, 5.41) is 9.15. The van der Waals surface area contributed by atoms with Crippen LogP contribution in [-0.2, 0) is 40.3 Å². The number of ether oxygens (including phenoxy) is 1. The van der Waals surface area contributed by atoms with Crippen LogP contribution in [0.15, 0.2) is 53.6 Å². The van der Waals surface area contributed by atoms with E-state index in [1.54, 1.807) is 6.92 Å². The number of halogens is 9. The van der Waals surface area contributed by atoms with Gasteiger partial charge in [0.05, 0.1) is 51.9 Å². The lowest BCUT2D eigenvalue weighted by Gasteiger charge is -2.24. The van der Waals surface area contributed by atoms with E-state index in [0.717, 1.165) is 22.8 Å². The zero-order valence-corrected chi connectivity index (χ0v) is 35.0. The van der Waals surface area contributed by atoms with E-state index in [-0.39, 0.29) is 63.0 Å². The van der Waals surface area contributed by atoms with Crippen LogP contribution in [0.1, 0.15) is 72.9 Å². The zero-order valence-electron chi connectivity index (χ0n) is 33.5. The topological polar surface area (TPSA) is 181 Å². The van der Waals surface area contributed by atoms with Crippen LogP contribution in [0.25, 0.3) is 28.1 Å². The number of alkyl halides is 6. The standard InChI is InChI=1S/C40H33ClF8N10O5S/c1-2-64-20-13-50-37(51-14-20)25-12-30(61)59(27-6-5-24(41)32-34(27)57(15-28(44)45)55-38(32)56-65(62,63)21-3-4-21)39(53-25)26(9-17-7-18(42)10-19(43)8-17)52-29(60)16-58-35-31(33(54-58)36(46)47)22-11-23(22)40(35,48)49/h5-8,10,12-14,21-23,26,28,36H,2-4,9,11,15-16H2,1H3,(H,52,60)(H,55,56)/t22-,23+,26-/m0/s1. The van der Waals surface area contributed by atoms with E-state index in [0.29, 0.717) is 28.3 Å². The normalized spacial score (nSPS) is 18.0. The van der Waals surface area contributed by atoms with Crippen molar-refractivity contribution in [2.75, 3.05) is 11.3 Å². The summed E-state index contributed by atoms with van der Waals surface area (Å²) in [6.07, 6.45) is -3.86. The lowest BCUT2D eigenvalue weighted by atomic mass is 10.0. The number of hydrogen-bond donors (Lipinski definition) is 2. The Morgan fingerprint density at radius 3 is 2.37 bits per heavy atom. The summed E-state index contributed by atoms with van der Waals surface area (Å²) >= 11 is 6.61. The Morgan fingerprint density at radius 1 is 1.02 bits per heavy atom. The van der Waals surface area contributed by atoms with Gasteiger partial charge in [0.25, 0.3) is 24.3 Å². The first-order valence-electron chi connectivity index (χ1n) is 19.9. The molecule has 2 fully saturated rings. The molecule has 0 saturated heterocycles. The highest BCUT2D eigenvalue weighted by atomic mass is 35.5. The van der Waals surface area contributed by atoms with Crippen molar-refractivity contribution >= 4 is 44.3 Å². The highest BCUT2D eigenvalue weighted by Gasteiger charge is 2.67. The summed E-state index contributed by atoms with van der Waals surface area (Å²) in [6, 6.07) is 3.98. The van der Waals surface area contributed by atoms with Gasteiger partial charge in [-0.2, -0.15) is 19.0 Å². The quantitative estimate of drug-likeness (QED) is 0.0962. The minimum atomic E-state index is -4.09. The second kappa shape index (κ2) is 16.4. The molecular formula is C40H33ClF8N10O5S. The van der Waals surface area contributed by atoms with Crippen LogP contribution in [-0.4, -0.2) is 71.7 Å². The molecule has 3 aliphatic carbocycles. The first-order chi connectivity index (χ1) is 30.8. The molecule has 15 nitrogen and oxygen atoms in total. The number of anilines is 1. The lowest BCUT2D eigenvalue weighted by Crippen LogP contribution is -2.38. The van der Waals surface area contributed by atoms with Gasteiger partial charge in [0, 0.05) is 30.0 Å². The maximum Gasteiger partial charge on any atom is 0.293 e. The fourth-order valence-electron chi connectivity index (χ4n) is 8.28. The molecule has 1 amide bonds. The van der Waals surface area contributed by atoms with Crippen molar-refractivity contribution in [3.8, 4) is 23.0 Å². The molecule has 3 aliphatic rings. The molecule has 4 aromatic heterocycles. The fourth-order valence-corrected chi connectivity index (χ4v) is 9.86. The summed E-state index contributed by atoms with van der Waals surface area (Å²) in [7, 11) is -4.09. The number of nitrogens with one attached hydrogen (secondary N) is 2. The minimum Gasteiger partial charge on any atom is -0.491 e. The molecule has 9 rings (SSSR count). The number of nitrogens with zero attached hydrogens (tertiary/aromatic N) is 8. The Hall–Kier alpha value is -6.17. The largest absolute Gasteiger partial charge is 0.491 e. The van der Waals surface area contributed by atoms with Crippen LogP contribution in [0.2, 0.25) is 5.02 Å². The fraction of sp³-hybridized carbons (Fsp3) is 0.375. The minimum absolute atomic E-state index is 0.0520. The van der Waals surface area contributed by atoms with Crippen molar-refractivity contribution in [1.29, 1.82) is 0 Å². The smallest absolute Gasteiger partial charge is 0.293 e. The first-order valence-corrected chi connectivity index (χ1v) is 21.9. The number of sulfonamides is 1. The number of carbonyl (C=O) groups is 1. The third-order valence-corrected chi connectivity index (χ3v) is 13.3. The Bertz CT molecular complexity index is 3030. The maximum atomic E-state index is 15.5. The number of hydrogen-bond acceptors (Lipinski definition) is 10. The molecule has 0 spiro atoms. The molecular weight excluding hydrogens is 920 g/mol. The predicted octanol–water partition coefficient (Wildman–Crippen LogP) is 6.98. The van der Waals surface area contributed by atoms with Gasteiger partial charge in [-0.15, -0.1) is 0 Å². The van der Waals surface area contributed by atoms with E-state index in [4.69, 9.17) is 16.3 Å². The van der Waals surface area contributed by atoms with Crippen molar-refractivity contribution in [1.82, 2.24) is 44.4 Å². The third kappa shape index (κ3) is 8.25. The third-order valence-electron chi connectivity index (χ3n) is 11.2. The average molecular weight is 953 g/mol. The molecule has 0 radical (unpaired) electrons. The average Bonchev–Trinajstić information content (AvgIpc) is 4.15. The molecule has 25 heteroatoms. The SMILES string of the molecule is CCOc1cnc(-c2cc(=O)n(-c3ccc(Cl)c4c(NS(=O)(=O)C5CC5)nn(CC(F)F)c34)c([C@H](Cc3cc(F)cc(F)c3)NC(=O)Cn3nc(C(F)F)c4c3C(F)(F)[C@@H]3C[C@H]43)n2)nc1. The van der Waals surface area contributed by atoms with Crippen LogP contribution >= 0.6 is 11.6 Å². The Kier molecular flexibility index (Phi) is 11.1. The van der Waals surface area contributed by atoms with Gasteiger partial charge in [-0.25, -0.2) is 49.7 Å². The number of aromatic nitrogens is 8. The predicted molar refractivity (Wildman–Crippen MR) is 215 cm³/mol. The molecule has 6 aromatic rings. The van der Waals surface area contributed by atoms with Gasteiger partial charge >= 0.3 is 0 Å². The van der Waals surface area contributed by atoms with Crippen LogP contribution < -0.4 is 20.3 Å². The van der Waals surface area contributed by atoms with E-state index in [1.807, 2.05) is 0 Å². The Morgan fingerprint density at radius 2 is 1.72 bits per heavy atom. The molecule has 2 aromatic carbocycles. The number of amides is 1. The van der Waals surface area contributed by atoms with Gasteiger partial charge in [-0.1, -0.05) is 11.6 Å². The van der Waals surface area contributed by atoms with Crippen LogP contribution in [0.4, 0.5) is 40.9 Å². The summed E-state index contributed by atoms with van der Waals surface area (Å²) in [6.45, 7) is -0.290. The molecule has 0 aliphatic heterocycles. The van der Waals surface area contributed by atoms with E-state index in [2.05, 4.69) is 35.2 Å². The number of carbonyl (C=O) groups excluding carboxylic acids is 1. The van der Waals surface area contributed by atoms with Crippen molar-refractivity contribution < 1.29 is 53.1 Å². The van der Waals surface area contributed by atoms with Gasteiger partial charge in [0.2, 0.25) is 15.9 Å². The van der Waals surface area contributed by atoms with Gasteiger partial charge in [0.15, 0.2) is 17.4 Å². The Balaban J connectivity index is 1.24. The summed E-state index contributed by atoms with van der Waals surface area (Å²) in [5.74, 6) is -9.95. The molecule has 0 unspecified atom stereocenters. The highest BCUT2D eigenvalue weighted by molar-refractivity contribution is 7.93. The van der Waals surface area contributed by atoms with E-state index < -0.39 is 118 Å². The molecule has 65 heavy (non-hydrogen) atoms. The van der Waals surface area contributed by atoms with Crippen molar-refractivity contribution in [2.45, 2.75) is 81.7 Å². The number of benzene rings is 2. The lowest BCUT2D eigenvalue weighted by molar-refractivity contribution is -0.123. The molecule has 4 heterocycles. The van der Waals surface area contributed by atoms with Gasteiger partial charge < -0.3 is 10.1 Å². The zero-order chi connectivity index (χ0) is 46.3. The highest BCUT2D eigenvalue weighted by Crippen LogP contribution is 2.68. The van der Waals surface area contributed by atoms with E-state index in [1.165, 1.54) is 24.5 Å². The summed E-state index contributed by atoms with van der Waals surface area (Å²) in [4.78, 5) is 41.9. The van der Waals surface area contributed by atoms with Gasteiger partial charge in [0.1, 0.15) is 47.6 Å². The molecule has 0 bridgehead atoms. The first kappa shape index (κ1) is 44.1. The van der Waals surface area contributed by atoms with Crippen LogP contribution in [0, 0.1) is 17.6 Å². The summed E-state index contributed by atoms with van der Waals surface area (Å²) < 4.78 is 153. The number of rotatable bonds is 16. The molecule has 3 atom stereocenters. The maximum absolute atomic E-state index is 15.5. The summed E-state index contributed by atoms with van der Waals surface area (Å²) in [5.41, 5.74) is -4.17. The van der Waals surface area contributed by atoms with E-state index >= 15 is 8.78 Å². The molecule has 342 valence electrons.